The van der Waals surface area contributed by atoms with Gasteiger partial charge in [0.1, 0.15) is 6.61 Å². The minimum atomic E-state index is -0.365. The van der Waals surface area contributed by atoms with Gasteiger partial charge in [0.05, 0.1) is 5.69 Å². The molecular formula is C19H25ClN4O2. The highest BCUT2D eigenvalue weighted by atomic mass is 35.5. The summed E-state index contributed by atoms with van der Waals surface area (Å²) in [5.41, 5.74) is 2.01. The SMILES string of the molecule is Cl.Cn1ccc(C2(CNC(=O)OCc3ccccc3)C3CCNCC32)n1. The first-order chi connectivity index (χ1) is 12.2. The number of carbonyl (C=O) groups excluding carboxylic acids is 1. The summed E-state index contributed by atoms with van der Waals surface area (Å²) in [4.78, 5) is 12.2. The highest BCUT2D eigenvalue weighted by Crippen LogP contribution is 2.61. The molecule has 2 N–H and O–H groups in total. The van der Waals surface area contributed by atoms with Gasteiger partial charge in [-0.2, -0.15) is 5.10 Å². The van der Waals surface area contributed by atoms with E-state index in [1.165, 1.54) is 0 Å². The number of aromatic nitrogens is 2. The largest absolute Gasteiger partial charge is 0.445 e. The number of nitrogens with zero attached hydrogens (tertiary/aromatic N) is 2. The molecule has 0 spiro atoms. The maximum absolute atomic E-state index is 12.2. The lowest BCUT2D eigenvalue weighted by molar-refractivity contribution is 0.138. The Balaban J connectivity index is 0.00000196. The highest BCUT2D eigenvalue weighted by Gasteiger charge is 2.66. The summed E-state index contributed by atoms with van der Waals surface area (Å²) < 4.78 is 7.19. The zero-order valence-corrected chi connectivity index (χ0v) is 15.7. The number of rotatable bonds is 5. The van der Waals surface area contributed by atoms with Gasteiger partial charge in [0.2, 0.25) is 0 Å². The molecule has 1 saturated carbocycles. The Kier molecular flexibility index (Phi) is 5.53. The van der Waals surface area contributed by atoms with Crippen LogP contribution in [0.15, 0.2) is 42.6 Å². The van der Waals surface area contributed by atoms with Crippen molar-refractivity contribution in [2.75, 3.05) is 19.6 Å². The minimum absolute atomic E-state index is 0. The number of halogens is 1. The van der Waals surface area contributed by atoms with Crippen LogP contribution in [0.2, 0.25) is 0 Å². The number of ether oxygens (including phenoxy) is 1. The number of hydrogen-bond donors (Lipinski definition) is 2. The van der Waals surface area contributed by atoms with Gasteiger partial charge in [0, 0.05) is 25.2 Å². The van der Waals surface area contributed by atoms with E-state index in [9.17, 15) is 4.79 Å². The smallest absolute Gasteiger partial charge is 0.407 e. The van der Waals surface area contributed by atoms with E-state index in [1.54, 1.807) is 0 Å². The number of carbonyl (C=O) groups is 1. The van der Waals surface area contributed by atoms with Crippen LogP contribution in [0, 0.1) is 11.8 Å². The monoisotopic (exact) mass is 376 g/mol. The molecule has 0 bridgehead atoms. The Morgan fingerprint density at radius 3 is 2.81 bits per heavy atom. The Morgan fingerprint density at radius 1 is 1.35 bits per heavy atom. The standard InChI is InChI=1S/C19H24N4O2.ClH/c1-23-10-8-17(22-23)19(15-7-9-20-11-16(15)19)13-21-18(24)25-12-14-5-3-2-4-6-14;/h2-6,8,10,15-16,20H,7,9,11-13H2,1H3,(H,21,24);1H. The van der Waals surface area contributed by atoms with Crippen molar-refractivity contribution in [2.24, 2.45) is 18.9 Å². The molecule has 2 aromatic rings. The molecule has 1 amide bonds. The summed E-state index contributed by atoms with van der Waals surface area (Å²) in [6, 6.07) is 11.8. The molecule has 1 aromatic carbocycles. The van der Waals surface area contributed by atoms with Crippen molar-refractivity contribution < 1.29 is 9.53 Å². The molecule has 6 nitrogen and oxygen atoms in total. The first-order valence-corrected chi connectivity index (χ1v) is 8.85. The van der Waals surface area contributed by atoms with Crippen LogP contribution in [0.4, 0.5) is 4.79 Å². The molecule has 1 aliphatic carbocycles. The molecule has 3 atom stereocenters. The number of fused-ring (bicyclic) bond motifs is 1. The van der Waals surface area contributed by atoms with Gasteiger partial charge in [-0.05, 0) is 43.0 Å². The lowest BCUT2D eigenvalue weighted by Crippen LogP contribution is -2.35. The van der Waals surface area contributed by atoms with Gasteiger partial charge >= 0.3 is 6.09 Å². The van der Waals surface area contributed by atoms with Gasteiger partial charge in [-0.25, -0.2) is 4.79 Å². The third-order valence-corrected chi connectivity index (χ3v) is 5.62. The maximum Gasteiger partial charge on any atom is 0.407 e. The van der Waals surface area contributed by atoms with Crippen LogP contribution in [-0.2, 0) is 23.8 Å². The number of nitrogens with one attached hydrogen (secondary N) is 2. The summed E-state index contributed by atoms with van der Waals surface area (Å²) in [7, 11) is 1.93. The van der Waals surface area contributed by atoms with E-state index in [0.29, 0.717) is 18.4 Å². The molecule has 1 aliphatic heterocycles. The molecule has 2 fully saturated rings. The van der Waals surface area contributed by atoms with Crippen molar-refractivity contribution in [3.05, 3.63) is 53.9 Å². The zero-order valence-electron chi connectivity index (χ0n) is 14.9. The molecule has 26 heavy (non-hydrogen) atoms. The molecule has 2 heterocycles. The van der Waals surface area contributed by atoms with Gasteiger partial charge < -0.3 is 15.4 Å². The van der Waals surface area contributed by atoms with E-state index in [2.05, 4.69) is 21.8 Å². The van der Waals surface area contributed by atoms with E-state index < -0.39 is 0 Å². The second kappa shape index (κ2) is 7.68. The number of alkyl carbamates (subject to hydrolysis) is 1. The van der Waals surface area contributed by atoms with Crippen LogP contribution in [0.1, 0.15) is 17.7 Å². The second-order valence-corrected chi connectivity index (χ2v) is 7.04. The third kappa shape index (κ3) is 3.44. The van der Waals surface area contributed by atoms with Crippen molar-refractivity contribution in [2.45, 2.75) is 18.4 Å². The van der Waals surface area contributed by atoms with E-state index in [4.69, 9.17) is 4.74 Å². The van der Waals surface area contributed by atoms with Crippen LogP contribution < -0.4 is 10.6 Å². The first-order valence-electron chi connectivity index (χ1n) is 8.85. The van der Waals surface area contributed by atoms with Crippen molar-refractivity contribution >= 4 is 18.5 Å². The lowest BCUT2D eigenvalue weighted by Gasteiger charge is -2.17. The molecule has 4 rings (SSSR count). The Morgan fingerprint density at radius 2 is 2.15 bits per heavy atom. The van der Waals surface area contributed by atoms with E-state index in [0.717, 1.165) is 30.8 Å². The predicted molar refractivity (Wildman–Crippen MR) is 101 cm³/mol. The number of amides is 1. The van der Waals surface area contributed by atoms with Gasteiger partial charge in [-0.3, -0.25) is 4.68 Å². The average molecular weight is 377 g/mol. The zero-order chi connectivity index (χ0) is 17.3. The Hall–Kier alpha value is -2.05. The summed E-state index contributed by atoms with van der Waals surface area (Å²) in [5, 5.41) is 11.1. The normalized spacial score (nSPS) is 26.3. The molecule has 1 saturated heterocycles. The molecule has 0 radical (unpaired) electrons. The predicted octanol–water partition coefficient (Wildman–Crippen LogP) is 2.25. The highest BCUT2D eigenvalue weighted by molar-refractivity contribution is 5.85. The van der Waals surface area contributed by atoms with Gasteiger partial charge in [0.15, 0.2) is 0 Å². The summed E-state index contributed by atoms with van der Waals surface area (Å²) in [6.07, 6.45) is 2.74. The van der Waals surface area contributed by atoms with Gasteiger partial charge in [-0.1, -0.05) is 30.3 Å². The molecular weight excluding hydrogens is 352 g/mol. The van der Waals surface area contributed by atoms with Crippen LogP contribution in [-0.4, -0.2) is 35.5 Å². The van der Waals surface area contributed by atoms with Crippen molar-refractivity contribution in [3.63, 3.8) is 0 Å². The van der Waals surface area contributed by atoms with Crippen molar-refractivity contribution in [3.8, 4) is 0 Å². The van der Waals surface area contributed by atoms with Crippen LogP contribution in [0.5, 0.6) is 0 Å². The van der Waals surface area contributed by atoms with E-state index in [1.807, 2.05) is 48.3 Å². The van der Waals surface area contributed by atoms with E-state index >= 15 is 0 Å². The van der Waals surface area contributed by atoms with Crippen LogP contribution >= 0.6 is 12.4 Å². The van der Waals surface area contributed by atoms with Crippen LogP contribution in [0.25, 0.3) is 0 Å². The van der Waals surface area contributed by atoms with Crippen molar-refractivity contribution in [1.82, 2.24) is 20.4 Å². The third-order valence-electron chi connectivity index (χ3n) is 5.62. The number of aryl methyl sites for hydroxylation is 1. The van der Waals surface area contributed by atoms with Gasteiger partial charge in [-0.15, -0.1) is 12.4 Å². The number of benzene rings is 1. The molecule has 140 valence electrons. The Bertz CT molecular complexity index is 737. The summed E-state index contributed by atoms with van der Waals surface area (Å²) >= 11 is 0. The summed E-state index contributed by atoms with van der Waals surface area (Å²) in [5.74, 6) is 1.11. The molecule has 2 aliphatic rings. The quantitative estimate of drug-likeness (QED) is 0.839. The van der Waals surface area contributed by atoms with Crippen molar-refractivity contribution in [1.29, 1.82) is 0 Å². The fourth-order valence-electron chi connectivity index (χ4n) is 4.29. The van der Waals surface area contributed by atoms with Crippen LogP contribution in [0.3, 0.4) is 0 Å². The fourth-order valence-corrected chi connectivity index (χ4v) is 4.29. The Labute approximate surface area is 159 Å². The molecule has 1 aromatic heterocycles. The molecule has 3 unspecified atom stereocenters. The number of hydrogen-bond acceptors (Lipinski definition) is 4. The maximum atomic E-state index is 12.2. The first kappa shape index (κ1) is 18.7. The van der Waals surface area contributed by atoms with E-state index in [-0.39, 0.29) is 30.5 Å². The minimum Gasteiger partial charge on any atom is -0.445 e. The summed E-state index contributed by atoms with van der Waals surface area (Å²) in [6.45, 7) is 2.89. The van der Waals surface area contributed by atoms with Gasteiger partial charge in [0.25, 0.3) is 0 Å². The number of piperidine rings is 1. The topological polar surface area (TPSA) is 68.2 Å². The average Bonchev–Trinajstić information content (AvgIpc) is 3.10. The fraction of sp³-hybridized carbons (Fsp3) is 0.474. The second-order valence-electron chi connectivity index (χ2n) is 7.04. The lowest BCUT2D eigenvalue weighted by atomic mass is 9.97. The molecule has 7 heteroatoms.